The summed E-state index contributed by atoms with van der Waals surface area (Å²) in [7, 11) is 0. The number of rotatable bonds is 2. The Morgan fingerprint density at radius 3 is 2.60 bits per heavy atom. The van der Waals surface area contributed by atoms with Crippen LogP contribution >= 0.6 is 11.6 Å². The molecule has 2 atom stereocenters. The number of halogens is 1. The molecule has 162 valence electrons. The second-order valence-electron chi connectivity index (χ2n) is 7.95. The van der Waals surface area contributed by atoms with Gasteiger partial charge in [0.25, 0.3) is 0 Å². The number of aliphatic hydroxyl groups excluding tert-OH is 1. The first-order valence-electron chi connectivity index (χ1n) is 9.33. The largest absolute Gasteiger partial charge is 2.00 e. The molecule has 4 rings (SSSR count). The molecular weight excluding hydrogens is 483 g/mol. The van der Waals surface area contributed by atoms with Gasteiger partial charge in [-0.3, -0.25) is 10.7 Å². The number of aromatic nitrogens is 3. The van der Waals surface area contributed by atoms with Crippen molar-refractivity contribution in [2.45, 2.75) is 64.3 Å². The van der Waals surface area contributed by atoms with Crippen molar-refractivity contribution in [3.05, 3.63) is 30.4 Å². The number of nitrogens with one attached hydrogen (secondary N) is 1. The predicted molar refractivity (Wildman–Crippen MR) is 118 cm³/mol. The Kier molecular flexibility index (Phi) is 10.2. The standard InChI is InChI=1S/C16H18ClN4O2.C3H8O2.CH3.Sr/c1-8-4-11(23)12-13(19-8)14-16(20-15(12)17)21(7-18-14)10-3-2-9(5-10)6-22;1-3(2,4)5;;/h7-8,10,19,22H,2-6H2,1H3;4-5H,1-2H3;1H3;/q-1;;-1;+2. The Morgan fingerprint density at radius 1 is 1.40 bits per heavy atom. The molecule has 2 aliphatic rings. The van der Waals surface area contributed by atoms with Crippen molar-refractivity contribution in [1.29, 1.82) is 0 Å². The molecule has 1 saturated carbocycles. The minimum absolute atomic E-state index is 0. The molecule has 0 bridgehead atoms. The summed E-state index contributed by atoms with van der Waals surface area (Å²) in [4.78, 5) is 21.2. The Labute approximate surface area is 219 Å². The third-order valence-corrected chi connectivity index (χ3v) is 5.07. The van der Waals surface area contributed by atoms with Gasteiger partial charge in [-0.05, 0) is 20.8 Å². The van der Waals surface area contributed by atoms with Crippen LogP contribution in [0.3, 0.4) is 0 Å². The second-order valence-corrected chi connectivity index (χ2v) is 8.31. The summed E-state index contributed by atoms with van der Waals surface area (Å²) in [5.41, 5.74) is 2.55. The van der Waals surface area contributed by atoms with Crippen LogP contribution in [0.25, 0.3) is 11.2 Å². The Balaban J connectivity index is 0.000000581. The topological polar surface area (TPSA) is 121 Å². The molecule has 0 radical (unpaired) electrons. The number of imidazole rings is 1. The van der Waals surface area contributed by atoms with Crippen molar-refractivity contribution in [3.63, 3.8) is 0 Å². The molecule has 1 fully saturated rings. The summed E-state index contributed by atoms with van der Waals surface area (Å²) in [6, 6.07) is 0.295. The average molecular weight is 513 g/mol. The molecule has 3 heterocycles. The molecule has 1 aliphatic heterocycles. The van der Waals surface area contributed by atoms with Crippen molar-refractivity contribution < 1.29 is 20.1 Å². The Hall–Kier alpha value is -0.259. The maximum Gasteiger partial charge on any atom is 2.00 e. The van der Waals surface area contributed by atoms with Crippen LogP contribution in [-0.4, -0.2) is 99.6 Å². The first-order chi connectivity index (χ1) is 13.1. The average Bonchev–Trinajstić information content (AvgIpc) is 3.18. The van der Waals surface area contributed by atoms with Crippen molar-refractivity contribution in [1.82, 2.24) is 14.5 Å². The molecule has 2 aromatic rings. The number of fused-ring (bicyclic) bond motifs is 3. The van der Waals surface area contributed by atoms with Gasteiger partial charge in [0.05, 0.1) is 17.6 Å². The molecule has 0 amide bonds. The van der Waals surface area contributed by atoms with E-state index in [0.29, 0.717) is 28.8 Å². The van der Waals surface area contributed by atoms with Crippen molar-refractivity contribution in [3.8, 4) is 0 Å². The summed E-state index contributed by atoms with van der Waals surface area (Å²) in [5, 5.41) is 29.0. The zero-order chi connectivity index (χ0) is 20.6. The molecule has 2 unspecified atom stereocenters. The smallest absolute Gasteiger partial charge is 0.428 e. The number of aliphatic hydroxyl groups is 3. The van der Waals surface area contributed by atoms with E-state index in [1.54, 1.807) is 6.33 Å². The van der Waals surface area contributed by atoms with E-state index in [2.05, 4.69) is 15.3 Å². The quantitative estimate of drug-likeness (QED) is 0.211. The Morgan fingerprint density at radius 2 is 2.03 bits per heavy atom. The normalized spacial score (nSPS) is 21.1. The van der Waals surface area contributed by atoms with Crippen LogP contribution in [0.1, 0.15) is 62.9 Å². The SMILES string of the molecule is CC(C)(O)O.CC1CC(=O)c2c(Cl)nc3c(ncn3C3CC[C-](CO)C3)c2N1.[CH3-].[Sr+2]. The Bertz CT molecular complexity index is 878. The van der Waals surface area contributed by atoms with E-state index in [9.17, 15) is 9.90 Å². The summed E-state index contributed by atoms with van der Waals surface area (Å²) in [6.45, 7) is 4.71. The van der Waals surface area contributed by atoms with Crippen LogP contribution in [0.15, 0.2) is 6.33 Å². The number of Topliss-reactive ketones (excluding diaryl/α,β-unsaturated/α-hetero) is 1. The summed E-state index contributed by atoms with van der Waals surface area (Å²) >= 11 is 6.30. The fraction of sp³-hybridized carbons (Fsp3) is 0.550. The van der Waals surface area contributed by atoms with Crippen molar-refractivity contribution >= 4 is 79.7 Å². The minimum atomic E-state index is -1.50. The van der Waals surface area contributed by atoms with Crippen LogP contribution in [0.2, 0.25) is 5.15 Å². The molecule has 1 aliphatic carbocycles. The number of hydrogen-bond donors (Lipinski definition) is 4. The first kappa shape index (κ1) is 27.8. The van der Waals surface area contributed by atoms with Gasteiger partial charge in [-0.1, -0.05) is 24.6 Å². The fourth-order valence-electron chi connectivity index (χ4n) is 3.64. The van der Waals surface area contributed by atoms with Gasteiger partial charge in [0.1, 0.15) is 10.7 Å². The summed E-state index contributed by atoms with van der Waals surface area (Å²) < 4.78 is 2.02. The third kappa shape index (κ3) is 6.38. The van der Waals surface area contributed by atoms with Gasteiger partial charge in [0.15, 0.2) is 17.2 Å². The van der Waals surface area contributed by atoms with Crippen molar-refractivity contribution in [2.24, 2.45) is 0 Å². The molecule has 4 N–H and O–H groups in total. The number of nitrogens with zero attached hydrogens (tertiary/aromatic N) is 3. The van der Waals surface area contributed by atoms with Crippen LogP contribution in [0.4, 0.5) is 5.69 Å². The maximum atomic E-state index is 12.3. The van der Waals surface area contributed by atoms with Gasteiger partial charge in [0.2, 0.25) is 0 Å². The number of pyridine rings is 1. The van der Waals surface area contributed by atoms with Gasteiger partial charge in [-0.15, -0.1) is 0 Å². The third-order valence-electron chi connectivity index (χ3n) is 4.80. The van der Waals surface area contributed by atoms with Gasteiger partial charge >= 0.3 is 45.5 Å². The van der Waals surface area contributed by atoms with Gasteiger partial charge < -0.3 is 32.6 Å². The van der Waals surface area contributed by atoms with E-state index in [4.69, 9.17) is 21.8 Å². The van der Waals surface area contributed by atoms with E-state index < -0.39 is 5.79 Å². The molecule has 0 saturated heterocycles. The summed E-state index contributed by atoms with van der Waals surface area (Å²) in [6.07, 6.45) is 4.90. The van der Waals surface area contributed by atoms with Crippen LogP contribution in [-0.2, 0) is 0 Å². The van der Waals surface area contributed by atoms with Gasteiger partial charge in [-0.2, -0.15) is 12.8 Å². The van der Waals surface area contributed by atoms with Gasteiger partial charge in [-0.25, -0.2) is 9.97 Å². The van der Waals surface area contributed by atoms with Crippen LogP contribution in [0, 0.1) is 13.3 Å². The molecule has 0 aromatic carbocycles. The van der Waals surface area contributed by atoms with E-state index in [1.807, 2.05) is 11.5 Å². The fourth-order valence-corrected chi connectivity index (χ4v) is 3.92. The van der Waals surface area contributed by atoms with Crippen LogP contribution in [0.5, 0.6) is 0 Å². The van der Waals surface area contributed by atoms with E-state index >= 15 is 0 Å². The van der Waals surface area contributed by atoms with E-state index in [0.717, 1.165) is 25.2 Å². The number of anilines is 1. The zero-order valence-electron chi connectivity index (χ0n) is 17.9. The number of ketones is 1. The van der Waals surface area contributed by atoms with Gasteiger partial charge in [0, 0.05) is 18.5 Å². The minimum Gasteiger partial charge on any atom is -0.428 e. The van der Waals surface area contributed by atoms with E-state index in [-0.39, 0.29) is 82.5 Å². The molecule has 0 spiro atoms. The predicted octanol–water partition coefficient (Wildman–Crippen LogP) is 2.54. The maximum absolute atomic E-state index is 12.3. The zero-order valence-corrected chi connectivity index (χ0v) is 22.2. The van der Waals surface area contributed by atoms with E-state index in [1.165, 1.54) is 13.8 Å². The van der Waals surface area contributed by atoms with Crippen LogP contribution < -0.4 is 5.32 Å². The van der Waals surface area contributed by atoms with Crippen molar-refractivity contribution in [2.75, 3.05) is 11.9 Å². The molecule has 10 heteroatoms. The molecular formula is C20H29ClN4O4Sr. The number of carbonyl (C=O) groups is 1. The molecule has 8 nitrogen and oxygen atoms in total. The number of carbonyl (C=O) groups excluding carboxylic acids is 1. The molecule has 30 heavy (non-hydrogen) atoms. The second kappa shape index (κ2) is 11.0. The first-order valence-corrected chi connectivity index (χ1v) is 9.71. The monoisotopic (exact) mass is 512 g/mol. The summed E-state index contributed by atoms with van der Waals surface area (Å²) in [5.74, 6) is -0.334. The molecule has 2 aromatic heterocycles. The number of hydrogen-bond acceptors (Lipinski definition) is 7.